The maximum atomic E-state index is 12.5. The van der Waals surface area contributed by atoms with E-state index in [9.17, 15) is 4.79 Å². The van der Waals surface area contributed by atoms with E-state index in [2.05, 4.69) is 20.2 Å². The van der Waals surface area contributed by atoms with Gasteiger partial charge in [0.05, 0.1) is 23.4 Å². The molecule has 4 heterocycles. The maximum Gasteiger partial charge on any atom is 0.224 e. The van der Waals surface area contributed by atoms with Crippen molar-refractivity contribution in [1.29, 1.82) is 0 Å². The fourth-order valence-electron chi connectivity index (χ4n) is 3.26. The number of morpholine rings is 1. The van der Waals surface area contributed by atoms with Gasteiger partial charge in [-0.25, -0.2) is 9.97 Å². The number of hydrogen-bond donors (Lipinski definition) is 1. The molecule has 10 heteroatoms. The second-order valence-corrected chi connectivity index (χ2v) is 7.05. The van der Waals surface area contributed by atoms with Gasteiger partial charge in [0.2, 0.25) is 5.91 Å². The molecule has 4 rings (SSSR count). The van der Waals surface area contributed by atoms with Crippen molar-refractivity contribution in [1.82, 2.24) is 20.2 Å². The van der Waals surface area contributed by atoms with Crippen LogP contribution < -0.4 is 10.2 Å². The minimum absolute atomic E-state index is 0. The van der Waals surface area contributed by atoms with Gasteiger partial charge in [-0.05, 0) is 11.4 Å². The Bertz CT molecular complexity index is 717. The molecule has 1 amide bonds. The van der Waals surface area contributed by atoms with E-state index in [1.165, 1.54) is 0 Å². The summed E-state index contributed by atoms with van der Waals surface area (Å²) in [7, 11) is 0. The predicted octanol–water partition coefficient (Wildman–Crippen LogP) is 1.56. The highest BCUT2D eigenvalue weighted by atomic mass is 35.5. The normalized spacial score (nSPS) is 20.4. The molecule has 1 unspecified atom stereocenters. The highest BCUT2D eigenvalue weighted by Gasteiger charge is 2.26. The summed E-state index contributed by atoms with van der Waals surface area (Å²) in [4.78, 5) is 25.4. The minimum atomic E-state index is 0. The van der Waals surface area contributed by atoms with Crippen molar-refractivity contribution in [3.05, 3.63) is 17.8 Å². The van der Waals surface area contributed by atoms with Crippen molar-refractivity contribution < 1.29 is 9.53 Å². The van der Waals surface area contributed by atoms with E-state index in [1.807, 2.05) is 16.3 Å². The summed E-state index contributed by atoms with van der Waals surface area (Å²) >= 11 is 1.67. The smallest absolute Gasteiger partial charge is 0.224 e. The van der Waals surface area contributed by atoms with E-state index in [0.717, 1.165) is 55.4 Å². The van der Waals surface area contributed by atoms with E-state index in [-0.39, 0.29) is 36.8 Å². The summed E-state index contributed by atoms with van der Waals surface area (Å²) in [6.07, 6.45) is 2.14. The number of hydrogen-bond acceptors (Lipinski definition) is 7. The number of nitrogens with one attached hydrogen (secondary N) is 1. The van der Waals surface area contributed by atoms with Gasteiger partial charge in [-0.2, -0.15) is 0 Å². The summed E-state index contributed by atoms with van der Waals surface area (Å²) < 4.78 is 6.55. The number of halogens is 2. The molecular formula is C16H23Cl2N5O2S. The quantitative estimate of drug-likeness (QED) is 0.813. The molecule has 7 nitrogen and oxygen atoms in total. The number of aromatic nitrogens is 2. The van der Waals surface area contributed by atoms with E-state index < -0.39 is 0 Å². The van der Waals surface area contributed by atoms with Crippen LogP contribution in [0.25, 0.3) is 10.2 Å². The van der Waals surface area contributed by atoms with Crippen LogP contribution >= 0.6 is 36.2 Å². The molecule has 144 valence electrons. The summed E-state index contributed by atoms with van der Waals surface area (Å²) in [6, 6.07) is 2.17. The Labute approximate surface area is 168 Å². The van der Waals surface area contributed by atoms with Gasteiger partial charge in [-0.1, -0.05) is 0 Å². The van der Waals surface area contributed by atoms with Gasteiger partial charge < -0.3 is 19.9 Å². The number of fused-ring (bicyclic) bond motifs is 1. The Balaban J connectivity index is 0.00000121. The van der Waals surface area contributed by atoms with E-state index in [1.54, 1.807) is 17.7 Å². The SMILES string of the molecule is Cl.Cl.O=C(CC1COCCN1)N1CCN(c2ncnc3ccsc23)CC1. The number of anilines is 1. The highest BCUT2D eigenvalue weighted by molar-refractivity contribution is 7.17. The zero-order valence-corrected chi connectivity index (χ0v) is 16.7. The first kappa shape index (κ1) is 21.1. The molecule has 0 aliphatic carbocycles. The number of rotatable bonds is 3. The van der Waals surface area contributed by atoms with Gasteiger partial charge in [0, 0.05) is 45.2 Å². The molecule has 2 aliphatic rings. The zero-order chi connectivity index (χ0) is 16.4. The molecule has 2 fully saturated rings. The third-order valence-electron chi connectivity index (χ3n) is 4.58. The number of carbonyl (C=O) groups excluding carboxylic acids is 1. The molecule has 0 aromatic carbocycles. The topological polar surface area (TPSA) is 70.6 Å². The van der Waals surface area contributed by atoms with Gasteiger partial charge in [-0.15, -0.1) is 36.2 Å². The molecule has 1 N–H and O–H groups in total. The Morgan fingerprint density at radius 2 is 2.08 bits per heavy atom. The highest BCUT2D eigenvalue weighted by Crippen LogP contribution is 2.28. The number of ether oxygens (including phenoxy) is 1. The lowest BCUT2D eigenvalue weighted by Crippen LogP contribution is -2.51. The van der Waals surface area contributed by atoms with Crippen molar-refractivity contribution in [3.8, 4) is 0 Å². The van der Waals surface area contributed by atoms with Gasteiger partial charge in [0.15, 0.2) is 0 Å². The van der Waals surface area contributed by atoms with E-state index in [4.69, 9.17) is 4.74 Å². The third-order valence-corrected chi connectivity index (χ3v) is 5.48. The van der Waals surface area contributed by atoms with Crippen molar-refractivity contribution >= 4 is 58.1 Å². The molecule has 26 heavy (non-hydrogen) atoms. The zero-order valence-electron chi connectivity index (χ0n) is 14.3. The van der Waals surface area contributed by atoms with Gasteiger partial charge in [0.1, 0.15) is 12.1 Å². The maximum absolute atomic E-state index is 12.5. The first-order valence-electron chi connectivity index (χ1n) is 8.33. The van der Waals surface area contributed by atoms with Gasteiger partial charge >= 0.3 is 0 Å². The summed E-state index contributed by atoms with van der Waals surface area (Å²) in [6.45, 7) is 5.29. The molecule has 2 aliphatic heterocycles. The lowest BCUT2D eigenvalue weighted by Gasteiger charge is -2.36. The van der Waals surface area contributed by atoms with Crippen molar-refractivity contribution in [2.24, 2.45) is 0 Å². The first-order valence-corrected chi connectivity index (χ1v) is 9.21. The Morgan fingerprint density at radius 1 is 1.27 bits per heavy atom. The molecule has 0 radical (unpaired) electrons. The average molecular weight is 420 g/mol. The van der Waals surface area contributed by atoms with Crippen LogP contribution in [0.3, 0.4) is 0 Å². The van der Waals surface area contributed by atoms with Crippen LogP contribution in [0.15, 0.2) is 17.8 Å². The second kappa shape index (κ2) is 9.66. The Hall–Kier alpha value is -1.19. The first-order chi connectivity index (χ1) is 11.8. The average Bonchev–Trinajstić information content (AvgIpc) is 3.11. The Kier molecular flexibility index (Phi) is 7.85. The van der Waals surface area contributed by atoms with Crippen LogP contribution in [-0.4, -0.2) is 72.8 Å². The number of thiophene rings is 1. The van der Waals surface area contributed by atoms with Crippen LogP contribution in [0.5, 0.6) is 0 Å². The summed E-state index contributed by atoms with van der Waals surface area (Å²) in [5, 5.41) is 5.39. The lowest BCUT2D eigenvalue weighted by molar-refractivity contribution is -0.132. The van der Waals surface area contributed by atoms with Gasteiger partial charge in [-0.3, -0.25) is 4.79 Å². The second-order valence-electron chi connectivity index (χ2n) is 6.13. The molecule has 0 saturated carbocycles. The summed E-state index contributed by atoms with van der Waals surface area (Å²) in [5.41, 5.74) is 0.992. The molecule has 0 spiro atoms. The van der Waals surface area contributed by atoms with E-state index >= 15 is 0 Å². The Morgan fingerprint density at radius 3 is 2.81 bits per heavy atom. The third kappa shape index (κ3) is 4.55. The molecular weight excluding hydrogens is 397 g/mol. The number of amides is 1. The van der Waals surface area contributed by atoms with Crippen LogP contribution in [0.1, 0.15) is 6.42 Å². The van der Waals surface area contributed by atoms with Crippen LogP contribution in [0.4, 0.5) is 5.82 Å². The van der Waals surface area contributed by atoms with Crippen LogP contribution in [-0.2, 0) is 9.53 Å². The standard InChI is InChI=1S/C16H21N5O2S.2ClH/c22-14(9-12-10-23-7-2-17-12)20-3-5-21(6-4-20)16-15-13(1-8-24-15)18-11-19-16;;/h1,8,11-12,17H,2-7,9-10H2;2*1H. The van der Waals surface area contributed by atoms with Crippen LogP contribution in [0, 0.1) is 0 Å². The molecule has 2 aromatic rings. The minimum Gasteiger partial charge on any atom is -0.378 e. The van der Waals surface area contributed by atoms with Crippen molar-refractivity contribution in [2.75, 3.05) is 50.8 Å². The van der Waals surface area contributed by atoms with Crippen molar-refractivity contribution in [2.45, 2.75) is 12.5 Å². The predicted molar refractivity (Wildman–Crippen MR) is 108 cm³/mol. The fraction of sp³-hybridized carbons (Fsp3) is 0.562. The number of nitrogens with zero attached hydrogens (tertiary/aromatic N) is 4. The fourth-order valence-corrected chi connectivity index (χ4v) is 4.12. The lowest BCUT2D eigenvalue weighted by atomic mass is 10.1. The number of piperazine rings is 1. The van der Waals surface area contributed by atoms with Crippen molar-refractivity contribution in [3.63, 3.8) is 0 Å². The van der Waals surface area contributed by atoms with Crippen LogP contribution in [0.2, 0.25) is 0 Å². The molecule has 2 aromatic heterocycles. The summed E-state index contributed by atoms with van der Waals surface area (Å²) in [5.74, 6) is 1.20. The molecule has 0 bridgehead atoms. The van der Waals surface area contributed by atoms with Gasteiger partial charge in [0.25, 0.3) is 0 Å². The molecule has 2 saturated heterocycles. The number of carbonyl (C=O) groups is 1. The monoisotopic (exact) mass is 419 g/mol. The largest absolute Gasteiger partial charge is 0.378 e. The molecule has 1 atom stereocenters. The van der Waals surface area contributed by atoms with E-state index in [0.29, 0.717) is 13.0 Å².